The smallest absolute Gasteiger partial charge is 0.124 e. The van der Waals surface area contributed by atoms with E-state index in [1.807, 2.05) is 62.4 Å². The molecule has 106 valence electrons. The Bertz CT molecular complexity index is 572. The number of hydrogen-bond donors (Lipinski definition) is 2. The van der Waals surface area contributed by atoms with E-state index >= 15 is 0 Å². The molecule has 0 bridgehead atoms. The Labute approximate surface area is 124 Å². The van der Waals surface area contributed by atoms with Gasteiger partial charge in [-0.3, -0.25) is 5.84 Å². The molecule has 0 aromatic heterocycles. The van der Waals surface area contributed by atoms with E-state index in [1.165, 1.54) is 0 Å². The van der Waals surface area contributed by atoms with Crippen molar-refractivity contribution in [3.8, 4) is 5.75 Å². The Balaban J connectivity index is 2.41. The summed E-state index contributed by atoms with van der Waals surface area (Å²) in [5.41, 5.74) is 4.83. The number of hydrazine groups is 1. The maximum atomic E-state index is 6.06. The molecule has 0 saturated heterocycles. The Hall–Kier alpha value is -1.55. The summed E-state index contributed by atoms with van der Waals surface area (Å²) in [6.07, 6.45) is 0.105. The van der Waals surface area contributed by atoms with Crippen LogP contribution in [0, 0.1) is 0 Å². The molecule has 2 aromatic carbocycles. The van der Waals surface area contributed by atoms with Crippen molar-refractivity contribution in [2.75, 3.05) is 0 Å². The third-order valence-electron chi connectivity index (χ3n) is 2.94. The minimum absolute atomic E-state index is 0.105. The number of nitrogens with one attached hydrogen (secondary N) is 1. The number of rotatable bonds is 5. The molecule has 4 heteroatoms. The standard InChI is InChI=1S/C16H19ClN2O/c1-11(2)20-15-9-4-3-8-14(15)16(19-18)12-6-5-7-13(17)10-12/h3-11,16,19H,18H2,1-2H3. The summed E-state index contributed by atoms with van der Waals surface area (Å²) in [5, 5.41) is 0.685. The average Bonchev–Trinajstić information content (AvgIpc) is 2.41. The third kappa shape index (κ3) is 3.51. The second-order valence-electron chi connectivity index (χ2n) is 4.86. The van der Waals surface area contributed by atoms with Crippen molar-refractivity contribution in [2.24, 2.45) is 5.84 Å². The lowest BCUT2D eigenvalue weighted by atomic mass is 9.98. The summed E-state index contributed by atoms with van der Waals surface area (Å²) in [7, 11) is 0. The minimum Gasteiger partial charge on any atom is -0.491 e. The van der Waals surface area contributed by atoms with Crippen LogP contribution in [0.2, 0.25) is 5.02 Å². The predicted molar refractivity (Wildman–Crippen MR) is 82.8 cm³/mol. The van der Waals surface area contributed by atoms with Gasteiger partial charge in [0, 0.05) is 10.6 Å². The normalized spacial score (nSPS) is 12.4. The van der Waals surface area contributed by atoms with Crippen molar-refractivity contribution >= 4 is 11.6 Å². The van der Waals surface area contributed by atoms with Gasteiger partial charge in [-0.25, -0.2) is 5.43 Å². The Morgan fingerprint density at radius 2 is 1.85 bits per heavy atom. The highest BCUT2D eigenvalue weighted by Crippen LogP contribution is 2.31. The number of hydrogen-bond acceptors (Lipinski definition) is 3. The van der Waals surface area contributed by atoms with Gasteiger partial charge in [-0.2, -0.15) is 0 Å². The fraction of sp³-hybridized carbons (Fsp3) is 0.250. The lowest BCUT2D eigenvalue weighted by Crippen LogP contribution is -2.29. The van der Waals surface area contributed by atoms with E-state index in [2.05, 4.69) is 5.43 Å². The van der Waals surface area contributed by atoms with Crippen LogP contribution in [-0.4, -0.2) is 6.10 Å². The van der Waals surface area contributed by atoms with E-state index in [0.717, 1.165) is 16.9 Å². The number of halogens is 1. The van der Waals surface area contributed by atoms with Crippen LogP contribution in [0.4, 0.5) is 0 Å². The third-order valence-corrected chi connectivity index (χ3v) is 3.18. The molecular weight excluding hydrogens is 272 g/mol. The molecule has 3 nitrogen and oxygen atoms in total. The lowest BCUT2D eigenvalue weighted by molar-refractivity contribution is 0.238. The van der Waals surface area contributed by atoms with Crippen LogP contribution in [0.15, 0.2) is 48.5 Å². The summed E-state index contributed by atoms with van der Waals surface area (Å²) in [6.45, 7) is 4.00. The summed E-state index contributed by atoms with van der Waals surface area (Å²) in [4.78, 5) is 0. The molecule has 0 saturated carbocycles. The van der Waals surface area contributed by atoms with E-state index < -0.39 is 0 Å². The Kier molecular flexibility index (Phi) is 5.01. The topological polar surface area (TPSA) is 47.3 Å². The zero-order valence-electron chi connectivity index (χ0n) is 11.6. The number of ether oxygens (including phenoxy) is 1. The SMILES string of the molecule is CC(C)Oc1ccccc1C(NN)c1cccc(Cl)c1. The quantitative estimate of drug-likeness (QED) is 0.652. The molecule has 0 aliphatic rings. The van der Waals surface area contributed by atoms with Crippen LogP contribution in [0.5, 0.6) is 5.75 Å². The predicted octanol–water partition coefficient (Wildman–Crippen LogP) is 3.68. The van der Waals surface area contributed by atoms with Gasteiger partial charge in [0.05, 0.1) is 12.1 Å². The van der Waals surface area contributed by atoms with Crippen LogP contribution >= 0.6 is 11.6 Å². The van der Waals surface area contributed by atoms with Crippen molar-refractivity contribution < 1.29 is 4.74 Å². The first-order chi connectivity index (χ1) is 9.61. The molecule has 1 atom stereocenters. The molecule has 0 heterocycles. The highest BCUT2D eigenvalue weighted by Gasteiger charge is 2.17. The van der Waals surface area contributed by atoms with Crippen molar-refractivity contribution in [3.63, 3.8) is 0 Å². The molecule has 20 heavy (non-hydrogen) atoms. The fourth-order valence-electron chi connectivity index (χ4n) is 2.13. The summed E-state index contributed by atoms with van der Waals surface area (Å²) in [6, 6.07) is 15.4. The van der Waals surface area contributed by atoms with Gasteiger partial charge in [-0.05, 0) is 37.6 Å². The molecule has 3 N–H and O–H groups in total. The van der Waals surface area contributed by atoms with E-state index in [1.54, 1.807) is 0 Å². The van der Waals surface area contributed by atoms with E-state index in [0.29, 0.717) is 5.02 Å². The Morgan fingerprint density at radius 3 is 2.50 bits per heavy atom. The summed E-state index contributed by atoms with van der Waals surface area (Å²) in [5.74, 6) is 6.56. The van der Waals surface area contributed by atoms with Crippen LogP contribution < -0.4 is 16.0 Å². The molecule has 0 aliphatic carbocycles. The van der Waals surface area contributed by atoms with Gasteiger partial charge < -0.3 is 4.74 Å². The highest BCUT2D eigenvalue weighted by molar-refractivity contribution is 6.30. The number of nitrogens with two attached hydrogens (primary N) is 1. The number of benzene rings is 2. The van der Waals surface area contributed by atoms with Gasteiger partial charge in [-0.15, -0.1) is 0 Å². The zero-order valence-corrected chi connectivity index (χ0v) is 12.4. The molecule has 0 fully saturated rings. The minimum atomic E-state index is -0.163. The molecule has 1 unspecified atom stereocenters. The second kappa shape index (κ2) is 6.75. The van der Waals surface area contributed by atoms with Gasteiger partial charge in [0.15, 0.2) is 0 Å². The molecule has 2 aromatic rings. The van der Waals surface area contributed by atoms with Gasteiger partial charge >= 0.3 is 0 Å². The molecular formula is C16H19ClN2O. The van der Waals surface area contributed by atoms with Crippen LogP contribution in [0.25, 0.3) is 0 Å². The molecule has 0 spiro atoms. The monoisotopic (exact) mass is 290 g/mol. The molecule has 0 radical (unpaired) electrons. The van der Waals surface area contributed by atoms with E-state index in [-0.39, 0.29) is 12.1 Å². The van der Waals surface area contributed by atoms with Crippen LogP contribution in [-0.2, 0) is 0 Å². The highest BCUT2D eigenvalue weighted by atomic mass is 35.5. The maximum absolute atomic E-state index is 6.06. The van der Waals surface area contributed by atoms with Crippen LogP contribution in [0.1, 0.15) is 31.0 Å². The van der Waals surface area contributed by atoms with Gasteiger partial charge in [0.25, 0.3) is 0 Å². The molecule has 0 amide bonds. The maximum Gasteiger partial charge on any atom is 0.124 e. The number of para-hydroxylation sites is 1. The van der Waals surface area contributed by atoms with E-state index in [4.69, 9.17) is 22.2 Å². The second-order valence-corrected chi connectivity index (χ2v) is 5.30. The molecule has 2 rings (SSSR count). The van der Waals surface area contributed by atoms with Crippen molar-refractivity contribution in [3.05, 3.63) is 64.7 Å². The largest absolute Gasteiger partial charge is 0.491 e. The first-order valence-corrected chi connectivity index (χ1v) is 6.96. The fourth-order valence-corrected chi connectivity index (χ4v) is 2.33. The van der Waals surface area contributed by atoms with Gasteiger partial charge in [-0.1, -0.05) is 41.9 Å². The van der Waals surface area contributed by atoms with Crippen molar-refractivity contribution in [1.82, 2.24) is 5.43 Å². The van der Waals surface area contributed by atoms with Crippen molar-refractivity contribution in [1.29, 1.82) is 0 Å². The van der Waals surface area contributed by atoms with Crippen LogP contribution in [0.3, 0.4) is 0 Å². The van der Waals surface area contributed by atoms with E-state index in [9.17, 15) is 0 Å². The first kappa shape index (κ1) is 14.9. The summed E-state index contributed by atoms with van der Waals surface area (Å²) >= 11 is 6.06. The molecule has 0 aliphatic heterocycles. The zero-order chi connectivity index (χ0) is 14.5. The van der Waals surface area contributed by atoms with Gasteiger partial charge in [0.2, 0.25) is 0 Å². The van der Waals surface area contributed by atoms with Crippen molar-refractivity contribution in [2.45, 2.75) is 26.0 Å². The first-order valence-electron chi connectivity index (χ1n) is 6.59. The summed E-state index contributed by atoms with van der Waals surface area (Å²) < 4.78 is 5.85. The average molecular weight is 291 g/mol. The lowest BCUT2D eigenvalue weighted by Gasteiger charge is -2.21. The van der Waals surface area contributed by atoms with Gasteiger partial charge in [0.1, 0.15) is 5.75 Å². The Morgan fingerprint density at radius 1 is 1.10 bits per heavy atom.